The molecule has 4 heteroatoms. The minimum Gasteiger partial charge on any atom is -0.301 e. The molecule has 1 aromatic carbocycles. The summed E-state index contributed by atoms with van der Waals surface area (Å²) in [6.07, 6.45) is 0. The molecule has 0 saturated carbocycles. The van der Waals surface area contributed by atoms with Crippen molar-refractivity contribution in [3.05, 3.63) is 79.6 Å². The normalized spacial score (nSPS) is 11.1. The van der Waals surface area contributed by atoms with E-state index in [0.29, 0.717) is 0 Å². The van der Waals surface area contributed by atoms with Crippen LogP contribution in [0.25, 0.3) is 0 Å². The summed E-state index contributed by atoms with van der Waals surface area (Å²) in [4.78, 5) is 2.68. The van der Waals surface area contributed by atoms with Crippen molar-refractivity contribution in [2.75, 3.05) is 0 Å². The van der Waals surface area contributed by atoms with Crippen LogP contribution in [0.1, 0.15) is 21.4 Å². The van der Waals surface area contributed by atoms with Crippen LogP contribution in [0.2, 0.25) is 5.02 Å². The summed E-state index contributed by atoms with van der Waals surface area (Å²) in [6, 6.07) is 16.8. The average Bonchev–Trinajstić information content (AvgIpc) is 3.12. The van der Waals surface area contributed by atoms with Gasteiger partial charge in [0.15, 0.2) is 0 Å². The van der Waals surface area contributed by atoms with Gasteiger partial charge in [-0.05, 0) is 40.6 Å². The second-order valence-electron chi connectivity index (χ2n) is 4.47. The molecular weight excluding hydrogens is 306 g/mol. The molecule has 0 radical (unpaired) electrons. The zero-order valence-electron chi connectivity index (χ0n) is 10.8. The molecule has 2 heterocycles. The van der Waals surface area contributed by atoms with Gasteiger partial charge < -0.3 is 5.32 Å². The maximum Gasteiger partial charge on any atom is 0.0767 e. The van der Waals surface area contributed by atoms with E-state index in [4.69, 9.17) is 11.6 Å². The Morgan fingerprint density at radius 1 is 0.950 bits per heavy atom. The number of hydrogen-bond donors (Lipinski definition) is 1. The predicted molar refractivity (Wildman–Crippen MR) is 88.8 cm³/mol. The minimum absolute atomic E-state index is 0.258. The first-order chi connectivity index (χ1) is 9.83. The van der Waals surface area contributed by atoms with Gasteiger partial charge in [0.2, 0.25) is 0 Å². The number of halogens is 1. The van der Waals surface area contributed by atoms with E-state index < -0.39 is 0 Å². The monoisotopic (exact) mass is 319 g/mol. The molecule has 0 fully saturated rings. The van der Waals surface area contributed by atoms with Gasteiger partial charge in [0.05, 0.1) is 6.04 Å². The molecule has 0 amide bonds. The third-order valence-corrected chi connectivity index (χ3v) is 5.16. The smallest absolute Gasteiger partial charge is 0.0767 e. The first kappa shape index (κ1) is 13.8. The van der Waals surface area contributed by atoms with E-state index in [0.717, 1.165) is 11.6 Å². The zero-order valence-corrected chi connectivity index (χ0v) is 13.1. The van der Waals surface area contributed by atoms with E-state index in [2.05, 4.69) is 46.4 Å². The first-order valence-corrected chi connectivity index (χ1v) is 8.51. The van der Waals surface area contributed by atoms with Crippen LogP contribution in [0, 0.1) is 0 Å². The number of nitrogens with one attached hydrogen (secondary N) is 1. The molecule has 0 atom stereocenters. The lowest BCUT2D eigenvalue weighted by Gasteiger charge is -2.16. The van der Waals surface area contributed by atoms with Crippen LogP contribution in [-0.2, 0) is 6.54 Å². The van der Waals surface area contributed by atoms with Gasteiger partial charge in [-0.2, -0.15) is 0 Å². The van der Waals surface area contributed by atoms with Crippen LogP contribution in [0.4, 0.5) is 0 Å². The van der Waals surface area contributed by atoms with Gasteiger partial charge in [-0.3, -0.25) is 0 Å². The molecule has 1 nitrogen and oxygen atoms in total. The van der Waals surface area contributed by atoms with Crippen molar-refractivity contribution in [2.45, 2.75) is 12.6 Å². The van der Waals surface area contributed by atoms with Crippen LogP contribution in [0.5, 0.6) is 0 Å². The van der Waals surface area contributed by atoms with Gasteiger partial charge in [-0.25, -0.2) is 0 Å². The van der Waals surface area contributed by atoms with Crippen LogP contribution in [0.15, 0.2) is 59.3 Å². The first-order valence-electron chi connectivity index (χ1n) is 6.37. The SMILES string of the molecule is Clc1cccc(CNC(c2cccs2)c2cccs2)c1. The highest BCUT2D eigenvalue weighted by atomic mass is 35.5. The topological polar surface area (TPSA) is 12.0 Å². The molecule has 20 heavy (non-hydrogen) atoms. The average molecular weight is 320 g/mol. The summed E-state index contributed by atoms with van der Waals surface area (Å²) >= 11 is 9.61. The molecule has 0 aliphatic carbocycles. The highest BCUT2D eigenvalue weighted by Crippen LogP contribution is 2.29. The second kappa shape index (κ2) is 6.55. The fourth-order valence-corrected chi connectivity index (χ4v) is 4.04. The van der Waals surface area contributed by atoms with Crippen molar-refractivity contribution in [2.24, 2.45) is 0 Å². The van der Waals surface area contributed by atoms with Crippen LogP contribution >= 0.6 is 34.3 Å². The quantitative estimate of drug-likeness (QED) is 0.669. The van der Waals surface area contributed by atoms with Gasteiger partial charge >= 0.3 is 0 Å². The van der Waals surface area contributed by atoms with Crippen molar-refractivity contribution in [1.82, 2.24) is 5.32 Å². The minimum atomic E-state index is 0.258. The summed E-state index contributed by atoms with van der Waals surface area (Å²) in [7, 11) is 0. The van der Waals surface area contributed by atoms with Crippen molar-refractivity contribution < 1.29 is 0 Å². The molecule has 3 aromatic rings. The Hall–Kier alpha value is -1.13. The molecule has 0 aliphatic heterocycles. The van der Waals surface area contributed by atoms with Gasteiger partial charge in [-0.15, -0.1) is 22.7 Å². The van der Waals surface area contributed by atoms with Crippen molar-refractivity contribution >= 4 is 34.3 Å². The van der Waals surface area contributed by atoms with Gasteiger partial charge in [-0.1, -0.05) is 35.9 Å². The van der Waals surface area contributed by atoms with Crippen molar-refractivity contribution in [3.63, 3.8) is 0 Å². The molecule has 0 unspecified atom stereocenters. The van der Waals surface area contributed by atoms with Crippen molar-refractivity contribution in [3.8, 4) is 0 Å². The van der Waals surface area contributed by atoms with E-state index in [-0.39, 0.29) is 6.04 Å². The zero-order chi connectivity index (χ0) is 13.8. The Bertz CT molecular complexity index is 613. The molecule has 1 N–H and O–H groups in total. The lowest BCUT2D eigenvalue weighted by atomic mass is 10.1. The van der Waals surface area contributed by atoms with E-state index >= 15 is 0 Å². The van der Waals surface area contributed by atoms with E-state index in [1.54, 1.807) is 22.7 Å². The van der Waals surface area contributed by atoms with Gasteiger partial charge in [0, 0.05) is 21.3 Å². The third-order valence-electron chi connectivity index (χ3n) is 3.05. The summed E-state index contributed by atoms with van der Waals surface area (Å²) in [5.74, 6) is 0. The molecule has 0 saturated heterocycles. The standard InChI is InChI=1S/C16H14ClNS2/c17-13-5-1-4-12(10-13)11-18-16(14-6-2-8-19-14)15-7-3-9-20-15/h1-10,16,18H,11H2. The van der Waals surface area contributed by atoms with Crippen LogP contribution in [0.3, 0.4) is 0 Å². The Balaban J connectivity index is 1.78. The van der Waals surface area contributed by atoms with Crippen LogP contribution in [-0.4, -0.2) is 0 Å². The maximum atomic E-state index is 6.04. The Labute approximate surface area is 131 Å². The maximum absolute atomic E-state index is 6.04. The summed E-state index contributed by atoms with van der Waals surface area (Å²) in [5.41, 5.74) is 1.20. The largest absolute Gasteiger partial charge is 0.301 e. The molecule has 102 valence electrons. The van der Waals surface area contributed by atoms with Crippen molar-refractivity contribution in [1.29, 1.82) is 0 Å². The lowest BCUT2D eigenvalue weighted by molar-refractivity contribution is 0.621. The highest BCUT2D eigenvalue weighted by Gasteiger charge is 2.15. The molecule has 2 aromatic heterocycles. The molecule has 0 spiro atoms. The molecule has 0 bridgehead atoms. The molecule has 3 rings (SSSR count). The van der Waals surface area contributed by atoms with E-state index in [9.17, 15) is 0 Å². The van der Waals surface area contributed by atoms with Crippen LogP contribution < -0.4 is 5.32 Å². The Morgan fingerprint density at radius 2 is 1.65 bits per heavy atom. The predicted octanol–water partition coefficient (Wildman–Crippen LogP) is 5.34. The third kappa shape index (κ3) is 3.30. The molecular formula is C16H14ClNS2. The molecule has 0 aliphatic rings. The summed E-state index contributed by atoms with van der Waals surface area (Å²) in [6.45, 7) is 0.807. The fourth-order valence-electron chi connectivity index (χ4n) is 2.12. The number of hydrogen-bond acceptors (Lipinski definition) is 3. The fraction of sp³-hybridized carbons (Fsp3) is 0.125. The van der Waals surface area contributed by atoms with E-state index in [1.807, 2.05) is 18.2 Å². The van der Waals surface area contributed by atoms with Gasteiger partial charge in [0.25, 0.3) is 0 Å². The highest BCUT2D eigenvalue weighted by molar-refractivity contribution is 7.11. The number of thiophene rings is 2. The Kier molecular flexibility index (Phi) is 4.53. The second-order valence-corrected chi connectivity index (χ2v) is 6.87. The van der Waals surface area contributed by atoms with E-state index in [1.165, 1.54) is 15.3 Å². The Morgan fingerprint density at radius 3 is 2.20 bits per heavy atom. The number of rotatable bonds is 5. The summed E-state index contributed by atoms with van der Waals surface area (Å²) in [5, 5.41) is 8.66. The number of benzene rings is 1. The lowest BCUT2D eigenvalue weighted by Crippen LogP contribution is -2.20. The van der Waals surface area contributed by atoms with Gasteiger partial charge in [0.1, 0.15) is 0 Å². The summed E-state index contributed by atoms with van der Waals surface area (Å²) < 4.78 is 0.